The summed E-state index contributed by atoms with van der Waals surface area (Å²) < 4.78 is 39.6. The highest BCUT2D eigenvalue weighted by molar-refractivity contribution is 5.84. The van der Waals surface area contributed by atoms with Gasteiger partial charge >= 0.3 is 6.18 Å². The molecule has 7 heteroatoms. The summed E-state index contributed by atoms with van der Waals surface area (Å²) in [6, 6.07) is 3.17. The summed E-state index contributed by atoms with van der Waals surface area (Å²) in [4.78, 5) is 22.2. The summed E-state index contributed by atoms with van der Waals surface area (Å²) in [7, 11) is 1.43. The van der Waals surface area contributed by atoms with Crippen LogP contribution in [0.25, 0.3) is 0 Å². The Morgan fingerprint density at radius 1 is 1.15 bits per heavy atom. The molecular formula is C20H33F3N2O2. The third-order valence-electron chi connectivity index (χ3n) is 3.46. The lowest BCUT2D eigenvalue weighted by Crippen LogP contribution is -2.37. The molecule has 0 aromatic heterocycles. The number of anilines is 1. The van der Waals surface area contributed by atoms with Gasteiger partial charge in [-0.15, -0.1) is 0 Å². The maximum absolute atomic E-state index is 13.2. The average Bonchev–Trinajstić information content (AvgIpc) is 2.66. The number of aldehydes is 1. The van der Waals surface area contributed by atoms with Gasteiger partial charge in [0.1, 0.15) is 12.3 Å². The van der Waals surface area contributed by atoms with Crippen molar-refractivity contribution in [2.45, 2.75) is 72.5 Å². The molecular weight excluding hydrogens is 357 g/mol. The van der Waals surface area contributed by atoms with Crippen molar-refractivity contribution >= 4 is 17.9 Å². The molecule has 156 valence electrons. The fourth-order valence-electron chi connectivity index (χ4n) is 2.27. The minimum absolute atomic E-state index is 0.140. The Morgan fingerprint density at radius 2 is 1.70 bits per heavy atom. The maximum atomic E-state index is 13.2. The van der Waals surface area contributed by atoms with E-state index in [1.165, 1.54) is 19.2 Å². The Bertz CT molecular complexity index is 559. The fourth-order valence-corrected chi connectivity index (χ4v) is 2.27. The molecule has 1 atom stereocenters. The highest BCUT2D eigenvalue weighted by Crippen LogP contribution is 2.36. The van der Waals surface area contributed by atoms with Crippen LogP contribution in [0.5, 0.6) is 0 Å². The number of alkyl halides is 3. The first-order valence-corrected chi connectivity index (χ1v) is 9.33. The molecule has 1 aromatic carbocycles. The minimum Gasteiger partial charge on any atom is -0.374 e. The summed E-state index contributed by atoms with van der Waals surface area (Å²) in [5.41, 5.74) is -0.322. The largest absolute Gasteiger partial charge is 0.416 e. The van der Waals surface area contributed by atoms with E-state index in [1.54, 1.807) is 13.8 Å². The zero-order valence-electron chi connectivity index (χ0n) is 17.3. The van der Waals surface area contributed by atoms with Gasteiger partial charge in [0.25, 0.3) is 0 Å². The van der Waals surface area contributed by atoms with Crippen LogP contribution < -0.4 is 10.6 Å². The zero-order chi connectivity index (χ0) is 21.6. The predicted octanol–water partition coefficient (Wildman–Crippen LogP) is 5.39. The average molecular weight is 390 g/mol. The van der Waals surface area contributed by atoms with E-state index in [0.717, 1.165) is 6.07 Å². The van der Waals surface area contributed by atoms with Crippen molar-refractivity contribution in [2.24, 2.45) is 0 Å². The maximum Gasteiger partial charge on any atom is 0.416 e. The first kappa shape index (κ1) is 27.2. The number of halogens is 3. The molecule has 0 fully saturated rings. The number of rotatable bonds is 7. The van der Waals surface area contributed by atoms with Crippen LogP contribution in [-0.4, -0.2) is 25.3 Å². The second kappa shape index (κ2) is 14.1. The van der Waals surface area contributed by atoms with Gasteiger partial charge in [-0.1, -0.05) is 47.6 Å². The van der Waals surface area contributed by atoms with E-state index < -0.39 is 17.8 Å². The Morgan fingerprint density at radius 3 is 2.11 bits per heavy atom. The summed E-state index contributed by atoms with van der Waals surface area (Å²) in [5.74, 6) is -0.654. The van der Waals surface area contributed by atoms with Gasteiger partial charge in [0, 0.05) is 19.2 Å². The summed E-state index contributed by atoms with van der Waals surface area (Å²) in [6.45, 7) is 11.4. The van der Waals surface area contributed by atoms with Crippen molar-refractivity contribution in [3.63, 3.8) is 0 Å². The number of nitrogens with one attached hydrogen (secondary N) is 2. The van der Waals surface area contributed by atoms with E-state index in [1.807, 2.05) is 27.7 Å². The van der Waals surface area contributed by atoms with E-state index in [-0.39, 0.29) is 35.9 Å². The first-order valence-electron chi connectivity index (χ1n) is 9.33. The predicted molar refractivity (Wildman–Crippen MR) is 105 cm³/mol. The molecule has 0 saturated heterocycles. The number of benzene rings is 1. The summed E-state index contributed by atoms with van der Waals surface area (Å²) >= 11 is 0. The van der Waals surface area contributed by atoms with Crippen molar-refractivity contribution in [1.29, 1.82) is 0 Å². The molecule has 1 unspecified atom stereocenters. The molecule has 0 heterocycles. The Kier molecular flexibility index (Phi) is 14.2. The molecule has 0 spiro atoms. The molecule has 1 aromatic rings. The highest BCUT2D eigenvalue weighted by atomic mass is 19.4. The smallest absolute Gasteiger partial charge is 0.374 e. The van der Waals surface area contributed by atoms with Gasteiger partial charge < -0.3 is 15.4 Å². The molecule has 0 aliphatic rings. The van der Waals surface area contributed by atoms with Crippen LogP contribution in [-0.2, 0) is 15.8 Å². The Balaban J connectivity index is 0. The van der Waals surface area contributed by atoms with E-state index in [4.69, 9.17) is 0 Å². The number of hydrogen-bond donors (Lipinski definition) is 2. The zero-order valence-corrected chi connectivity index (χ0v) is 17.3. The van der Waals surface area contributed by atoms with Crippen molar-refractivity contribution in [1.82, 2.24) is 5.32 Å². The molecule has 0 aliphatic heterocycles. The topological polar surface area (TPSA) is 58.2 Å². The van der Waals surface area contributed by atoms with Crippen molar-refractivity contribution < 1.29 is 22.8 Å². The van der Waals surface area contributed by atoms with Crippen LogP contribution >= 0.6 is 0 Å². The van der Waals surface area contributed by atoms with Crippen molar-refractivity contribution in [3.8, 4) is 0 Å². The fraction of sp³-hybridized carbons (Fsp3) is 0.600. The van der Waals surface area contributed by atoms with Gasteiger partial charge in [0.05, 0.1) is 5.56 Å². The number of carbonyl (C=O) groups is 2. The number of hydrogen-bond acceptors (Lipinski definition) is 3. The van der Waals surface area contributed by atoms with E-state index in [9.17, 15) is 22.8 Å². The van der Waals surface area contributed by atoms with Crippen LogP contribution in [0.1, 0.15) is 71.4 Å². The number of likely N-dealkylation sites (N-methyl/N-ethyl adjacent to an activating group) is 1. The monoisotopic (exact) mass is 390 g/mol. The van der Waals surface area contributed by atoms with Gasteiger partial charge in [-0.3, -0.25) is 4.79 Å². The van der Waals surface area contributed by atoms with Crippen molar-refractivity contribution in [3.05, 3.63) is 29.3 Å². The van der Waals surface area contributed by atoms with E-state index in [2.05, 4.69) is 10.6 Å². The summed E-state index contributed by atoms with van der Waals surface area (Å²) in [5, 5.41) is 5.20. The van der Waals surface area contributed by atoms with Gasteiger partial charge in [0.15, 0.2) is 0 Å². The third kappa shape index (κ3) is 9.45. The second-order valence-corrected chi connectivity index (χ2v) is 5.51. The van der Waals surface area contributed by atoms with Gasteiger partial charge in [-0.2, -0.15) is 13.2 Å². The SMILES string of the molecule is CC.CC.CNC(=O)C(CCC=O)Nc1ccc(C(C)C)c(C(F)(F)F)c1. The van der Waals surface area contributed by atoms with E-state index in [0.29, 0.717) is 6.29 Å². The molecule has 4 nitrogen and oxygen atoms in total. The van der Waals surface area contributed by atoms with Crippen LogP contribution in [0.2, 0.25) is 0 Å². The normalized spacial score (nSPS) is 11.4. The molecule has 0 radical (unpaired) electrons. The highest BCUT2D eigenvalue weighted by Gasteiger charge is 2.34. The third-order valence-corrected chi connectivity index (χ3v) is 3.46. The van der Waals surface area contributed by atoms with Gasteiger partial charge in [-0.25, -0.2) is 0 Å². The molecule has 27 heavy (non-hydrogen) atoms. The van der Waals surface area contributed by atoms with Crippen LogP contribution in [0.4, 0.5) is 18.9 Å². The molecule has 0 bridgehead atoms. The lowest BCUT2D eigenvalue weighted by atomic mass is 9.96. The Labute approximate surface area is 160 Å². The molecule has 0 saturated carbocycles. The number of carbonyl (C=O) groups excluding carboxylic acids is 2. The number of amides is 1. The first-order chi connectivity index (χ1) is 12.7. The van der Waals surface area contributed by atoms with Gasteiger partial charge in [0.2, 0.25) is 5.91 Å². The molecule has 0 aliphatic carbocycles. The van der Waals surface area contributed by atoms with Gasteiger partial charge in [-0.05, 0) is 30.0 Å². The van der Waals surface area contributed by atoms with E-state index >= 15 is 0 Å². The Hall–Kier alpha value is -2.05. The van der Waals surface area contributed by atoms with Crippen LogP contribution in [0.15, 0.2) is 18.2 Å². The summed E-state index contributed by atoms with van der Waals surface area (Å²) in [6.07, 6.45) is -3.46. The minimum atomic E-state index is -4.47. The lowest BCUT2D eigenvalue weighted by molar-refractivity contribution is -0.138. The van der Waals surface area contributed by atoms with Crippen LogP contribution in [0, 0.1) is 0 Å². The molecule has 1 rings (SSSR count). The lowest BCUT2D eigenvalue weighted by Gasteiger charge is -2.21. The van der Waals surface area contributed by atoms with Crippen LogP contribution in [0.3, 0.4) is 0 Å². The second-order valence-electron chi connectivity index (χ2n) is 5.51. The quantitative estimate of drug-likeness (QED) is 0.614. The molecule has 1 amide bonds. The molecule has 2 N–H and O–H groups in total. The standard InChI is InChI=1S/C16H21F3N2O2.2C2H6/c1-10(2)12-7-6-11(9-13(12)16(17,18)19)21-14(5-4-8-22)15(23)20-3;2*1-2/h6-10,14,21H,4-5H2,1-3H3,(H,20,23);2*1-2H3. The van der Waals surface area contributed by atoms with Crippen molar-refractivity contribution in [2.75, 3.05) is 12.4 Å².